The van der Waals surface area contributed by atoms with E-state index in [1.54, 1.807) is 6.20 Å². The van der Waals surface area contributed by atoms with Gasteiger partial charge in [0.15, 0.2) is 0 Å². The third-order valence-corrected chi connectivity index (χ3v) is 5.21. The van der Waals surface area contributed by atoms with Crippen LogP contribution < -0.4 is 5.32 Å². The molecule has 0 aliphatic carbocycles. The van der Waals surface area contributed by atoms with Crippen molar-refractivity contribution in [2.24, 2.45) is 0 Å². The zero-order valence-electron chi connectivity index (χ0n) is 8.96. The standard InChI is InChI=1S/C10H11N3O2S2/c14-17(5-7-4-11-6-15-7)10-13-8-2-1-3-12-9(8)16-10/h1-3,7,11H,4-6H2. The molecule has 0 aromatic carbocycles. The second-order valence-electron chi connectivity index (χ2n) is 3.71. The molecule has 17 heavy (non-hydrogen) atoms. The summed E-state index contributed by atoms with van der Waals surface area (Å²) < 4.78 is 18.1. The molecule has 1 saturated heterocycles. The molecule has 0 bridgehead atoms. The summed E-state index contributed by atoms with van der Waals surface area (Å²) in [5.41, 5.74) is 0.811. The molecule has 3 heterocycles. The Kier molecular flexibility index (Phi) is 3.26. The number of hydrogen-bond acceptors (Lipinski definition) is 6. The van der Waals surface area contributed by atoms with Crippen LogP contribution in [0.4, 0.5) is 0 Å². The Morgan fingerprint density at radius 1 is 1.65 bits per heavy atom. The first-order valence-electron chi connectivity index (χ1n) is 5.25. The van der Waals surface area contributed by atoms with Crippen LogP contribution in [0.1, 0.15) is 0 Å². The normalized spacial score (nSPS) is 22.1. The number of hydrogen-bond donors (Lipinski definition) is 1. The molecule has 0 radical (unpaired) electrons. The monoisotopic (exact) mass is 269 g/mol. The maximum Gasteiger partial charge on any atom is 0.304 e. The van der Waals surface area contributed by atoms with Crippen LogP contribution in [0.5, 0.6) is 0 Å². The summed E-state index contributed by atoms with van der Waals surface area (Å²) in [5.74, 6) is 0.493. The zero-order chi connectivity index (χ0) is 11.7. The Hall–Kier alpha value is -0.730. The van der Waals surface area contributed by atoms with Gasteiger partial charge in [-0.25, -0.2) is 4.98 Å². The van der Waals surface area contributed by atoms with E-state index >= 15 is 0 Å². The van der Waals surface area contributed by atoms with Crippen molar-refractivity contribution in [3.8, 4) is 0 Å². The predicted molar refractivity (Wildman–Crippen MR) is 66.4 cm³/mol. The number of pyridine rings is 1. The SMILES string of the molecule is [O-][S+](CC1CNCO1)c1nc2cccnc2s1. The van der Waals surface area contributed by atoms with Gasteiger partial charge in [-0.2, -0.15) is 4.98 Å². The molecule has 2 atom stereocenters. The maximum absolute atomic E-state index is 12.1. The fourth-order valence-electron chi connectivity index (χ4n) is 1.65. The first-order valence-corrected chi connectivity index (χ1v) is 7.39. The van der Waals surface area contributed by atoms with Crippen LogP contribution in [0.3, 0.4) is 0 Å². The molecule has 3 rings (SSSR count). The average molecular weight is 269 g/mol. The first kappa shape index (κ1) is 11.4. The van der Waals surface area contributed by atoms with Gasteiger partial charge in [0.05, 0.1) is 6.73 Å². The van der Waals surface area contributed by atoms with Gasteiger partial charge in [-0.15, -0.1) is 0 Å². The third kappa shape index (κ3) is 2.43. The zero-order valence-corrected chi connectivity index (χ0v) is 10.6. The Labute approximate surface area is 105 Å². The van der Waals surface area contributed by atoms with E-state index in [9.17, 15) is 4.55 Å². The van der Waals surface area contributed by atoms with Gasteiger partial charge in [-0.05, 0) is 23.5 Å². The number of fused-ring (bicyclic) bond motifs is 1. The Morgan fingerprint density at radius 3 is 3.35 bits per heavy atom. The highest BCUT2D eigenvalue weighted by Crippen LogP contribution is 2.24. The van der Waals surface area contributed by atoms with Crippen LogP contribution in [0.2, 0.25) is 0 Å². The smallest absolute Gasteiger partial charge is 0.304 e. The maximum atomic E-state index is 12.1. The van der Waals surface area contributed by atoms with E-state index < -0.39 is 11.2 Å². The molecule has 2 unspecified atom stereocenters. The van der Waals surface area contributed by atoms with E-state index in [1.165, 1.54) is 11.3 Å². The Bertz CT molecular complexity index is 480. The minimum Gasteiger partial charge on any atom is -0.609 e. The quantitative estimate of drug-likeness (QED) is 0.832. The van der Waals surface area contributed by atoms with Crippen molar-refractivity contribution in [3.05, 3.63) is 18.3 Å². The second kappa shape index (κ2) is 4.87. The van der Waals surface area contributed by atoms with Gasteiger partial charge < -0.3 is 9.29 Å². The molecular formula is C10H11N3O2S2. The van der Waals surface area contributed by atoms with Gasteiger partial charge in [-0.1, -0.05) is 0 Å². The van der Waals surface area contributed by atoms with Crippen LogP contribution in [0, 0.1) is 0 Å². The van der Waals surface area contributed by atoms with Gasteiger partial charge in [0.1, 0.15) is 22.2 Å². The minimum absolute atomic E-state index is 0.0239. The molecule has 0 amide bonds. The Balaban J connectivity index is 1.77. The summed E-state index contributed by atoms with van der Waals surface area (Å²) in [7, 11) is 0. The van der Waals surface area contributed by atoms with E-state index in [1.807, 2.05) is 12.1 Å². The number of rotatable bonds is 3. The van der Waals surface area contributed by atoms with Crippen LogP contribution in [0.15, 0.2) is 22.7 Å². The van der Waals surface area contributed by atoms with Gasteiger partial charge in [0.2, 0.25) is 0 Å². The van der Waals surface area contributed by atoms with Crippen LogP contribution in [0.25, 0.3) is 10.3 Å². The van der Waals surface area contributed by atoms with Gasteiger partial charge in [-0.3, -0.25) is 5.32 Å². The summed E-state index contributed by atoms with van der Waals surface area (Å²) in [6, 6.07) is 3.71. The van der Waals surface area contributed by atoms with Crippen molar-refractivity contribution >= 4 is 32.9 Å². The Morgan fingerprint density at radius 2 is 2.59 bits per heavy atom. The fourth-order valence-corrected chi connectivity index (χ4v) is 4.00. The second-order valence-corrected chi connectivity index (χ2v) is 6.35. The van der Waals surface area contributed by atoms with Crippen molar-refractivity contribution in [2.45, 2.75) is 10.4 Å². The van der Waals surface area contributed by atoms with E-state index in [2.05, 4.69) is 15.3 Å². The van der Waals surface area contributed by atoms with E-state index in [0.29, 0.717) is 16.8 Å². The summed E-state index contributed by atoms with van der Waals surface area (Å²) in [6.07, 6.45) is 1.74. The molecule has 5 nitrogen and oxygen atoms in total. The number of ether oxygens (including phenoxy) is 1. The molecular weight excluding hydrogens is 258 g/mol. The van der Waals surface area contributed by atoms with E-state index in [-0.39, 0.29) is 6.10 Å². The molecule has 0 saturated carbocycles. The molecule has 2 aromatic rings. The largest absolute Gasteiger partial charge is 0.609 e. The van der Waals surface area contributed by atoms with Crippen LogP contribution in [-0.2, 0) is 15.9 Å². The minimum atomic E-state index is -1.10. The summed E-state index contributed by atoms with van der Waals surface area (Å²) >= 11 is 0.287. The highest BCUT2D eigenvalue weighted by atomic mass is 32.2. The number of nitrogens with zero attached hydrogens (tertiary/aromatic N) is 2. The number of thiazole rings is 1. The molecule has 1 N–H and O–H groups in total. The average Bonchev–Trinajstić information content (AvgIpc) is 2.96. The van der Waals surface area contributed by atoms with Crippen molar-refractivity contribution in [1.82, 2.24) is 15.3 Å². The predicted octanol–water partition coefficient (Wildman–Crippen LogP) is 0.745. The van der Waals surface area contributed by atoms with Crippen molar-refractivity contribution < 1.29 is 9.29 Å². The molecule has 1 aliphatic rings. The highest BCUT2D eigenvalue weighted by molar-refractivity contribution is 7.93. The van der Waals surface area contributed by atoms with Gasteiger partial charge in [0, 0.05) is 23.9 Å². The molecule has 0 spiro atoms. The molecule has 1 fully saturated rings. The summed E-state index contributed by atoms with van der Waals surface area (Å²) in [5, 5.41) is 3.07. The number of nitrogens with one attached hydrogen (secondary N) is 1. The van der Waals surface area contributed by atoms with Gasteiger partial charge >= 0.3 is 4.34 Å². The lowest BCUT2D eigenvalue weighted by molar-refractivity contribution is 0.129. The molecule has 1 aliphatic heterocycles. The van der Waals surface area contributed by atoms with Crippen LogP contribution in [-0.4, -0.2) is 39.7 Å². The van der Waals surface area contributed by atoms with Gasteiger partial charge in [0.25, 0.3) is 0 Å². The van der Waals surface area contributed by atoms with E-state index in [4.69, 9.17) is 4.74 Å². The van der Waals surface area contributed by atoms with Crippen LogP contribution >= 0.6 is 11.3 Å². The molecule has 7 heteroatoms. The number of aromatic nitrogens is 2. The first-order chi connectivity index (χ1) is 8.33. The van der Waals surface area contributed by atoms with Crippen molar-refractivity contribution in [1.29, 1.82) is 0 Å². The van der Waals surface area contributed by atoms with E-state index in [0.717, 1.165) is 16.9 Å². The fraction of sp³-hybridized carbons (Fsp3) is 0.400. The molecule has 90 valence electrons. The lowest BCUT2D eigenvalue weighted by Gasteiger charge is -2.10. The summed E-state index contributed by atoms with van der Waals surface area (Å²) in [6.45, 7) is 1.30. The summed E-state index contributed by atoms with van der Waals surface area (Å²) in [4.78, 5) is 9.36. The lowest BCUT2D eigenvalue weighted by Crippen LogP contribution is -2.24. The molecule has 2 aromatic heterocycles. The highest BCUT2D eigenvalue weighted by Gasteiger charge is 2.25. The lowest BCUT2D eigenvalue weighted by atomic mass is 10.4. The van der Waals surface area contributed by atoms with Crippen molar-refractivity contribution in [2.75, 3.05) is 19.0 Å². The third-order valence-electron chi connectivity index (χ3n) is 2.47. The van der Waals surface area contributed by atoms with Crippen molar-refractivity contribution in [3.63, 3.8) is 0 Å². The topological polar surface area (TPSA) is 70.1 Å².